The maximum Gasteiger partial charge on any atom is 0.332 e. The lowest BCUT2D eigenvalue weighted by molar-refractivity contribution is -0.385. The van der Waals surface area contributed by atoms with E-state index in [1.165, 1.54) is 6.92 Å². The van der Waals surface area contributed by atoms with Crippen LogP contribution in [0.15, 0.2) is 0 Å². The van der Waals surface area contributed by atoms with Crippen LogP contribution in [0.4, 0.5) is 11.5 Å². The maximum atomic E-state index is 11.9. The SMILES string of the molecule is Cc1nc(Cl)nc(NCCC(=O)N2CCCC2)c1[N+](=O)[O-]. The molecular weight excluding hydrogens is 298 g/mol. The second-order valence-corrected chi connectivity index (χ2v) is 5.14. The Balaban J connectivity index is 1.99. The highest BCUT2D eigenvalue weighted by Gasteiger charge is 2.22. The van der Waals surface area contributed by atoms with Crippen molar-refractivity contribution < 1.29 is 9.72 Å². The van der Waals surface area contributed by atoms with E-state index in [0.717, 1.165) is 25.9 Å². The Bertz CT molecular complexity index is 560. The van der Waals surface area contributed by atoms with Gasteiger partial charge in [0.25, 0.3) is 0 Å². The standard InChI is InChI=1S/C12H16ClN5O3/c1-8-10(18(20)21)11(16-12(13)15-8)14-5-4-9(19)17-6-2-3-7-17/h2-7H2,1H3,(H,14,15,16). The predicted octanol–water partition coefficient (Wildman–Crippen LogP) is 1.77. The molecule has 1 aromatic heterocycles. The van der Waals surface area contributed by atoms with Gasteiger partial charge in [0.2, 0.25) is 17.0 Å². The van der Waals surface area contributed by atoms with Gasteiger partial charge < -0.3 is 10.2 Å². The number of aromatic nitrogens is 2. The van der Waals surface area contributed by atoms with Gasteiger partial charge in [-0.1, -0.05) is 0 Å². The number of nitrogens with one attached hydrogen (secondary N) is 1. The van der Waals surface area contributed by atoms with Crippen LogP contribution in [-0.2, 0) is 4.79 Å². The summed E-state index contributed by atoms with van der Waals surface area (Å²) in [6.07, 6.45) is 2.33. The number of rotatable bonds is 5. The van der Waals surface area contributed by atoms with Gasteiger partial charge in [-0.3, -0.25) is 14.9 Å². The molecule has 1 saturated heterocycles. The molecule has 0 aliphatic carbocycles. The van der Waals surface area contributed by atoms with Gasteiger partial charge in [-0.25, -0.2) is 4.98 Å². The number of carbonyl (C=O) groups excluding carboxylic acids is 1. The number of hydrogen-bond acceptors (Lipinski definition) is 6. The summed E-state index contributed by atoms with van der Waals surface area (Å²) < 4.78 is 0. The summed E-state index contributed by atoms with van der Waals surface area (Å²) in [5.41, 5.74) is -0.0265. The van der Waals surface area contributed by atoms with Crippen LogP contribution in [0.3, 0.4) is 0 Å². The van der Waals surface area contributed by atoms with E-state index >= 15 is 0 Å². The van der Waals surface area contributed by atoms with E-state index in [2.05, 4.69) is 15.3 Å². The van der Waals surface area contributed by atoms with E-state index < -0.39 is 4.92 Å². The first kappa shape index (κ1) is 15.4. The third kappa shape index (κ3) is 3.78. The number of carbonyl (C=O) groups is 1. The number of anilines is 1. The molecule has 8 nitrogen and oxygen atoms in total. The lowest BCUT2D eigenvalue weighted by Gasteiger charge is -2.15. The Morgan fingerprint density at radius 3 is 2.71 bits per heavy atom. The number of aryl methyl sites for hydroxylation is 1. The molecule has 0 aromatic carbocycles. The van der Waals surface area contributed by atoms with Crippen molar-refractivity contribution in [2.75, 3.05) is 25.0 Å². The molecule has 1 N–H and O–H groups in total. The summed E-state index contributed by atoms with van der Waals surface area (Å²) in [6, 6.07) is 0. The maximum absolute atomic E-state index is 11.9. The fourth-order valence-electron chi connectivity index (χ4n) is 2.29. The van der Waals surface area contributed by atoms with Crippen molar-refractivity contribution in [2.24, 2.45) is 0 Å². The van der Waals surface area contributed by atoms with Crippen molar-refractivity contribution in [1.82, 2.24) is 14.9 Å². The third-order valence-electron chi connectivity index (χ3n) is 3.30. The highest BCUT2D eigenvalue weighted by atomic mass is 35.5. The Labute approximate surface area is 126 Å². The third-order valence-corrected chi connectivity index (χ3v) is 3.47. The van der Waals surface area contributed by atoms with Gasteiger partial charge >= 0.3 is 5.69 Å². The second-order valence-electron chi connectivity index (χ2n) is 4.80. The van der Waals surface area contributed by atoms with E-state index in [-0.39, 0.29) is 41.4 Å². The molecule has 0 saturated carbocycles. The van der Waals surface area contributed by atoms with Gasteiger partial charge in [0.1, 0.15) is 5.69 Å². The van der Waals surface area contributed by atoms with Crippen molar-refractivity contribution in [3.63, 3.8) is 0 Å². The molecule has 21 heavy (non-hydrogen) atoms. The Morgan fingerprint density at radius 1 is 1.43 bits per heavy atom. The molecule has 9 heteroatoms. The van der Waals surface area contributed by atoms with Gasteiger partial charge in [0.15, 0.2) is 0 Å². The first-order valence-electron chi connectivity index (χ1n) is 6.69. The van der Waals surface area contributed by atoms with Crippen molar-refractivity contribution in [3.8, 4) is 0 Å². The first-order chi connectivity index (χ1) is 9.99. The fourth-order valence-corrected chi connectivity index (χ4v) is 2.50. The normalized spacial score (nSPS) is 14.3. The monoisotopic (exact) mass is 313 g/mol. The molecule has 0 bridgehead atoms. The highest BCUT2D eigenvalue weighted by molar-refractivity contribution is 6.28. The molecule has 1 aliphatic heterocycles. The number of nitrogens with zero attached hydrogens (tertiary/aromatic N) is 4. The molecule has 2 rings (SSSR count). The van der Waals surface area contributed by atoms with Crippen LogP contribution in [-0.4, -0.2) is 45.3 Å². The fraction of sp³-hybridized carbons (Fsp3) is 0.583. The van der Waals surface area contributed by atoms with Gasteiger partial charge in [0.05, 0.1) is 4.92 Å². The number of hydrogen-bond donors (Lipinski definition) is 1. The predicted molar refractivity (Wildman–Crippen MR) is 77.4 cm³/mol. The van der Waals surface area contributed by atoms with E-state index in [1.54, 1.807) is 4.90 Å². The minimum atomic E-state index is -0.559. The molecule has 1 aromatic rings. The van der Waals surface area contributed by atoms with Crippen molar-refractivity contribution in [3.05, 3.63) is 21.1 Å². The number of nitro groups is 1. The Morgan fingerprint density at radius 2 is 2.10 bits per heavy atom. The van der Waals surface area contributed by atoms with E-state index in [0.29, 0.717) is 0 Å². The molecule has 0 radical (unpaired) electrons. The smallest absolute Gasteiger partial charge is 0.332 e. The summed E-state index contributed by atoms with van der Waals surface area (Å²) in [5.74, 6) is 0.0891. The number of likely N-dealkylation sites (tertiary alicyclic amines) is 1. The summed E-state index contributed by atoms with van der Waals surface area (Å²) in [5, 5.41) is 13.8. The quantitative estimate of drug-likeness (QED) is 0.505. The molecular formula is C12H16ClN5O3. The van der Waals surface area contributed by atoms with Crippen LogP contribution >= 0.6 is 11.6 Å². The van der Waals surface area contributed by atoms with E-state index in [4.69, 9.17) is 11.6 Å². The van der Waals surface area contributed by atoms with Crippen LogP contribution in [0.5, 0.6) is 0 Å². The van der Waals surface area contributed by atoms with Crippen LogP contribution in [0.1, 0.15) is 25.0 Å². The number of halogens is 1. The second kappa shape index (κ2) is 6.66. The highest BCUT2D eigenvalue weighted by Crippen LogP contribution is 2.26. The minimum absolute atomic E-state index is 0.0412. The zero-order valence-electron chi connectivity index (χ0n) is 11.6. The first-order valence-corrected chi connectivity index (χ1v) is 7.07. The van der Waals surface area contributed by atoms with Crippen molar-refractivity contribution in [1.29, 1.82) is 0 Å². The molecule has 1 amide bonds. The summed E-state index contributed by atoms with van der Waals surface area (Å²) in [6.45, 7) is 3.34. The average molecular weight is 314 g/mol. The van der Waals surface area contributed by atoms with Crippen molar-refractivity contribution in [2.45, 2.75) is 26.2 Å². The van der Waals surface area contributed by atoms with Crippen LogP contribution < -0.4 is 5.32 Å². The summed E-state index contributed by atoms with van der Waals surface area (Å²) >= 11 is 5.71. The van der Waals surface area contributed by atoms with E-state index in [1.807, 2.05) is 0 Å². The summed E-state index contributed by atoms with van der Waals surface area (Å²) in [7, 11) is 0. The number of amides is 1. The molecule has 2 heterocycles. The van der Waals surface area contributed by atoms with E-state index in [9.17, 15) is 14.9 Å². The Hall–Kier alpha value is -1.96. The molecule has 114 valence electrons. The van der Waals surface area contributed by atoms with Gasteiger partial charge in [-0.05, 0) is 31.4 Å². The Kier molecular flexibility index (Phi) is 4.89. The summed E-state index contributed by atoms with van der Waals surface area (Å²) in [4.78, 5) is 31.7. The van der Waals surface area contributed by atoms with Crippen LogP contribution in [0.2, 0.25) is 5.28 Å². The molecule has 0 unspecified atom stereocenters. The lowest BCUT2D eigenvalue weighted by Crippen LogP contribution is -2.29. The molecule has 1 fully saturated rings. The minimum Gasteiger partial charge on any atom is -0.364 e. The van der Waals surface area contributed by atoms with Gasteiger partial charge in [-0.2, -0.15) is 4.98 Å². The lowest BCUT2D eigenvalue weighted by atomic mass is 10.3. The van der Waals surface area contributed by atoms with Crippen LogP contribution in [0, 0.1) is 17.0 Å². The molecule has 0 atom stereocenters. The molecule has 1 aliphatic rings. The van der Waals surface area contributed by atoms with Gasteiger partial charge in [-0.15, -0.1) is 0 Å². The zero-order chi connectivity index (χ0) is 15.4. The largest absolute Gasteiger partial charge is 0.364 e. The van der Waals surface area contributed by atoms with Crippen LogP contribution in [0.25, 0.3) is 0 Å². The molecule has 0 spiro atoms. The zero-order valence-corrected chi connectivity index (χ0v) is 12.4. The van der Waals surface area contributed by atoms with Crippen molar-refractivity contribution >= 4 is 29.0 Å². The van der Waals surface area contributed by atoms with Gasteiger partial charge in [0, 0.05) is 26.1 Å². The topological polar surface area (TPSA) is 101 Å². The average Bonchev–Trinajstić information content (AvgIpc) is 2.91.